The third-order valence-electron chi connectivity index (χ3n) is 4.72. The lowest BCUT2D eigenvalue weighted by atomic mass is 10.1. The lowest BCUT2D eigenvalue weighted by Gasteiger charge is -2.24. The molecule has 0 unspecified atom stereocenters. The van der Waals surface area contributed by atoms with Crippen LogP contribution < -0.4 is 5.32 Å². The van der Waals surface area contributed by atoms with Gasteiger partial charge in [0.05, 0.1) is 6.10 Å². The average Bonchev–Trinajstić information content (AvgIpc) is 3.33. The second kappa shape index (κ2) is 8.45. The molecular formula is C19H26N2O4. The van der Waals surface area contributed by atoms with E-state index in [0.717, 1.165) is 32.3 Å². The summed E-state index contributed by atoms with van der Waals surface area (Å²) in [6.07, 6.45) is 3.46. The molecule has 2 atom stereocenters. The van der Waals surface area contributed by atoms with Gasteiger partial charge in [-0.15, -0.1) is 0 Å². The van der Waals surface area contributed by atoms with Crippen LogP contribution in [0.5, 0.6) is 0 Å². The van der Waals surface area contributed by atoms with Crippen LogP contribution in [0, 0.1) is 0 Å². The minimum atomic E-state index is -0.383. The van der Waals surface area contributed by atoms with Crippen LogP contribution in [0.25, 0.3) is 0 Å². The fraction of sp³-hybridized carbons (Fsp3) is 0.579. The Balaban J connectivity index is 1.64. The predicted octanol–water partition coefficient (Wildman–Crippen LogP) is 2.45. The number of hydrogen-bond donors (Lipinski definition) is 1. The molecule has 2 fully saturated rings. The summed E-state index contributed by atoms with van der Waals surface area (Å²) < 4.78 is 11.0. The molecule has 1 aromatic carbocycles. The first-order valence-electron chi connectivity index (χ1n) is 9.10. The maximum absolute atomic E-state index is 12.8. The highest BCUT2D eigenvalue weighted by molar-refractivity contribution is 5.98. The van der Waals surface area contributed by atoms with Gasteiger partial charge in [0.1, 0.15) is 6.10 Å². The van der Waals surface area contributed by atoms with E-state index in [1.54, 1.807) is 29.2 Å². The van der Waals surface area contributed by atoms with Crippen LogP contribution in [0.1, 0.15) is 43.0 Å². The summed E-state index contributed by atoms with van der Waals surface area (Å²) in [6.45, 7) is 4.62. The van der Waals surface area contributed by atoms with E-state index in [1.807, 2.05) is 6.92 Å². The Bertz CT molecular complexity index is 607. The zero-order valence-electron chi connectivity index (χ0n) is 14.7. The Hall–Kier alpha value is -1.92. The number of amides is 2. The topological polar surface area (TPSA) is 67.9 Å². The number of carbonyl (C=O) groups excluding carboxylic acids is 2. The second-order valence-electron chi connectivity index (χ2n) is 6.55. The van der Waals surface area contributed by atoms with Crippen molar-refractivity contribution in [1.82, 2.24) is 4.90 Å². The molecule has 2 aliphatic rings. The van der Waals surface area contributed by atoms with Gasteiger partial charge in [0, 0.05) is 37.6 Å². The summed E-state index contributed by atoms with van der Waals surface area (Å²) in [5, 5.41) is 2.85. The minimum absolute atomic E-state index is 0.0359. The molecule has 1 aromatic rings. The molecule has 0 aliphatic carbocycles. The molecule has 25 heavy (non-hydrogen) atoms. The highest BCUT2D eigenvalue weighted by atomic mass is 16.5. The van der Waals surface area contributed by atoms with Crippen molar-refractivity contribution in [3.63, 3.8) is 0 Å². The van der Waals surface area contributed by atoms with Gasteiger partial charge in [-0.3, -0.25) is 9.59 Å². The molecule has 2 amide bonds. The third kappa shape index (κ3) is 4.58. The molecular weight excluding hydrogens is 320 g/mol. The van der Waals surface area contributed by atoms with Crippen LogP contribution in [0.15, 0.2) is 24.3 Å². The van der Waals surface area contributed by atoms with Crippen molar-refractivity contribution in [3.8, 4) is 0 Å². The van der Waals surface area contributed by atoms with Crippen LogP contribution in [-0.2, 0) is 14.3 Å². The molecule has 0 saturated carbocycles. The number of nitrogens with one attached hydrogen (secondary N) is 1. The van der Waals surface area contributed by atoms with E-state index >= 15 is 0 Å². The van der Waals surface area contributed by atoms with Crippen LogP contribution in [0.2, 0.25) is 0 Å². The van der Waals surface area contributed by atoms with E-state index in [-0.39, 0.29) is 24.0 Å². The van der Waals surface area contributed by atoms with E-state index in [4.69, 9.17) is 9.47 Å². The molecule has 136 valence electrons. The Labute approximate surface area is 148 Å². The van der Waals surface area contributed by atoms with E-state index in [0.29, 0.717) is 30.9 Å². The summed E-state index contributed by atoms with van der Waals surface area (Å²) in [5.41, 5.74) is 1.20. The van der Waals surface area contributed by atoms with Crippen LogP contribution in [0.4, 0.5) is 5.69 Å². The largest absolute Gasteiger partial charge is 0.376 e. The van der Waals surface area contributed by atoms with E-state index < -0.39 is 0 Å². The van der Waals surface area contributed by atoms with Crippen LogP contribution in [-0.4, -0.2) is 55.2 Å². The summed E-state index contributed by atoms with van der Waals surface area (Å²) in [6, 6.07) is 7.09. The Morgan fingerprint density at radius 3 is 2.68 bits per heavy atom. The van der Waals surface area contributed by atoms with Crippen molar-refractivity contribution in [2.75, 3.05) is 31.6 Å². The summed E-state index contributed by atoms with van der Waals surface area (Å²) in [7, 11) is 0. The van der Waals surface area contributed by atoms with Crippen molar-refractivity contribution < 1.29 is 19.1 Å². The fourth-order valence-corrected chi connectivity index (χ4v) is 3.31. The van der Waals surface area contributed by atoms with Crippen molar-refractivity contribution in [3.05, 3.63) is 29.8 Å². The number of ether oxygens (including phenoxy) is 2. The van der Waals surface area contributed by atoms with Gasteiger partial charge < -0.3 is 19.7 Å². The monoisotopic (exact) mass is 346 g/mol. The van der Waals surface area contributed by atoms with E-state index in [9.17, 15) is 9.59 Å². The Kier molecular flexibility index (Phi) is 6.04. The predicted molar refractivity (Wildman–Crippen MR) is 94.6 cm³/mol. The van der Waals surface area contributed by atoms with Gasteiger partial charge in [0.25, 0.3) is 11.8 Å². The first-order chi connectivity index (χ1) is 12.2. The Morgan fingerprint density at radius 2 is 2.00 bits per heavy atom. The smallest absolute Gasteiger partial charge is 0.254 e. The van der Waals surface area contributed by atoms with Crippen molar-refractivity contribution in [1.29, 1.82) is 0 Å². The minimum Gasteiger partial charge on any atom is -0.376 e. The molecule has 2 heterocycles. The molecule has 3 rings (SSSR count). The van der Waals surface area contributed by atoms with Crippen LogP contribution in [0.3, 0.4) is 0 Å². The standard InChI is InChI=1S/C19H26N2O4/c1-2-21(13-16-8-4-10-24-16)19(23)14-6-3-7-15(12-14)20-18(22)17-9-5-11-25-17/h3,6-7,12,16-17H,2,4-5,8-11,13H2,1H3,(H,20,22)/t16-,17+/m1/s1. The van der Waals surface area contributed by atoms with Gasteiger partial charge in [-0.05, 0) is 50.8 Å². The SMILES string of the molecule is CCN(C[C@H]1CCCO1)C(=O)c1cccc(NC(=O)[C@@H]2CCCO2)c1. The molecule has 0 spiro atoms. The van der Waals surface area contributed by atoms with Gasteiger partial charge in [-0.2, -0.15) is 0 Å². The average molecular weight is 346 g/mol. The highest BCUT2D eigenvalue weighted by Gasteiger charge is 2.25. The summed E-state index contributed by atoms with van der Waals surface area (Å²) >= 11 is 0. The lowest BCUT2D eigenvalue weighted by Crippen LogP contribution is -2.37. The summed E-state index contributed by atoms with van der Waals surface area (Å²) in [4.78, 5) is 26.8. The van der Waals surface area contributed by atoms with Crippen molar-refractivity contribution >= 4 is 17.5 Å². The first kappa shape index (κ1) is 17.9. The molecule has 6 nitrogen and oxygen atoms in total. The molecule has 1 N–H and O–H groups in total. The Morgan fingerprint density at radius 1 is 1.20 bits per heavy atom. The van der Waals surface area contributed by atoms with Crippen LogP contribution >= 0.6 is 0 Å². The molecule has 2 aliphatic heterocycles. The number of anilines is 1. The number of carbonyl (C=O) groups is 2. The molecule has 0 bridgehead atoms. The molecule has 0 radical (unpaired) electrons. The van der Waals surface area contributed by atoms with Gasteiger partial charge in [0.15, 0.2) is 0 Å². The van der Waals surface area contributed by atoms with Gasteiger partial charge in [-0.25, -0.2) is 0 Å². The highest BCUT2D eigenvalue weighted by Crippen LogP contribution is 2.18. The van der Waals surface area contributed by atoms with Gasteiger partial charge in [0.2, 0.25) is 0 Å². The zero-order chi connectivity index (χ0) is 17.6. The van der Waals surface area contributed by atoms with Crippen molar-refractivity contribution in [2.45, 2.75) is 44.8 Å². The number of hydrogen-bond acceptors (Lipinski definition) is 4. The zero-order valence-corrected chi connectivity index (χ0v) is 14.7. The summed E-state index contributed by atoms with van der Waals surface area (Å²) in [5.74, 6) is -0.181. The third-order valence-corrected chi connectivity index (χ3v) is 4.72. The number of nitrogens with zero attached hydrogens (tertiary/aromatic N) is 1. The number of likely N-dealkylation sites (N-methyl/N-ethyl adjacent to an activating group) is 1. The molecule has 2 saturated heterocycles. The number of benzene rings is 1. The van der Waals surface area contributed by atoms with E-state index in [1.165, 1.54) is 0 Å². The van der Waals surface area contributed by atoms with E-state index in [2.05, 4.69) is 5.32 Å². The van der Waals surface area contributed by atoms with Gasteiger partial charge in [-0.1, -0.05) is 6.07 Å². The molecule has 0 aromatic heterocycles. The maximum atomic E-state index is 12.8. The lowest BCUT2D eigenvalue weighted by molar-refractivity contribution is -0.124. The van der Waals surface area contributed by atoms with Crippen molar-refractivity contribution in [2.24, 2.45) is 0 Å². The second-order valence-corrected chi connectivity index (χ2v) is 6.55. The fourth-order valence-electron chi connectivity index (χ4n) is 3.31. The van der Waals surface area contributed by atoms with Gasteiger partial charge >= 0.3 is 0 Å². The maximum Gasteiger partial charge on any atom is 0.254 e. The quantitative estimate of drug-likeness (QED) is 0.859. The normalized spacial score (nSPS) is 22.8. The molecule has 6 heteroatoms. The number of rotatable bonds is 6. The first-order valence-corrected chi connectivity index (χ1v) is 9.10.